The maximum absolute atomic E-state index is 12.1. The van der Waals surface area contributed by atoms with Gasteiger partial charge < -0.3 is 9.42 Å². The first-order valence-corrected chi connectivity index (χ1v) is 6.45. The van der Waals surface area contributed by atoms with Crippen LogP contribution in [0.15, 0.2) is 10.1 Å². The van der Waals surface area contributed by atoms with Crippen molar-refractivity contribution in [1.82, 2.24) is 15.0 Å². The highest BCUT2D eigenvalue weighted by atomic mass is 32.2. The first-order chi connectivity index (χ1) is 8.00. The normalized spacial score (nSPS) is 22.0. The summed E-state index contributed by atoms with van der Waals surface area (Å²) in [7, 11) is 1.75. The lowest BCUT2D eigenvalue weighted by Gasteiger charge is -2.19. The highest BCUT2D eigenvalue weighted by molar-refractivity contribution is 8.00. The summed E-state index contributed by atoms with van der Waals surface area (Å²) < 4.78 is 5.16. The molecule has 1 aliphatic rings. The Morgan fingerprint density at radius 2 is 2.18 bits per heavy atom. The number of hydrogen-bond donors (Lipinski definition) is 0. The Hall–Kier alpha value is -1.30. The van der Waals surface area contributed by atoms with Crippen LogP contribution in [-0.4, -0.2) is 39.0 Å². The predicted molar refractivity (Wildman–Crippen MR) is 66.3 cm³/mol. The number of carbonyl (C=O) groups is 1. The van der Waals surface area contributed by atoms with Gasteiger partial charge in [0.2, 0.25) is 5.91 Å². The molecule has 1 aromatic heterocycles. The molecule has 17 heavy (non-hydrogen) atoms. The maximum atomic E-state index is 12.1. The number of hydrogen-bond acceptors (Lipinski definition) is 5. The van der Waals surface area contributed by atoms with Gasteiger partial charge in [-0.1, -0.05) is 5.16 Å². The summed E-state index contributed by atoms with van der Waals surface area (Å²) in [6.45, 7) is 5.67. The van der Waals surface area contributed by atoms with Crippen molar-refractivity contribution < 1.29 is 9.32 Å². The van der Waals surface area contributed by atoms with Gasteiger partial charge in [0.25, 0.3) is 5.89 Å². The van der Waals surface area contributed by atoms with Crippen LogP contribution in [0.3, 0.4) is 0 Å². The molecule has 2 heterocycles. The first-order valence-electron chi connectivity index (χ1n) is 5.40. The number of aromatic nitrogens is 2. The van der Waals surface area contributed by atoms with Crippen LogP contribution in [0.4, 0.5) is 0 Å². The van der Waals surface area contributed by atoms with E-state index in [1.54, 1.807) is 30.6 Å². The average molecular weight is 253 g/mol. The maximum Gasteiger partial charge on any atom is 0.274 e. The molecular weight excluding hydrogens is 238 g/mol. The largest absolute Gasteiger partial charge is 0.332 e. The quantitative estimate of drug-likeness (QED) is 0.762. The third-order valence-electron chi connectivity index (χ3n) is 2.70. The predicted octanol–water partition coefficient (Wildman–Crippen LogP) is 1.70. The minimum Gasteiger partial charge on any atom is -0.332 e. The third kappa shape index (κ3) is 2.22. The van der Waals surface area contributed by atoms with Crippen molar-refractivity contribution in [2.75, 3.05) is 12.8 Å². The van der Waals surface area contributed by atoms with Gasteiger partial charge >= 0.3 is 0 Å². The van der Waals surface area contributed by atoms with Gasteiger partial charge in [-0.2, -0.15) is 4.98 Å². The molecule has 0 radical (unpaired) electrons. The van der Waals surface area contributed by atoms with E-state index >= 15 is 0 Å². The van der Waals surface area contributed by atoms with E-state index in [0.29, 0.717) is 11.7 Å². The smallest absolute Gasteiger partial charge is 0.274 e. The van der Waals surface area contributed by atoms with E-state index in [1.165, 1.54) is 0 Å². The highest BCUT2D eigenvalue weighted by Crippen LogP contribution is 2.30. The molecule has 0 aromatic carbocycles. The number of rotatable bonds is 1. The molecule has 1 aliphatic heterocycles. The number of nitrogens with zero attached hydrogens (tertiary/aromatic N) is 3. The summed E-state index contributed by atoms with van der Waals surface area (Å²) in [6.07, 6.45) is 0. The van der Waals surface area contributed by atoms with Crippen LogP contribution >= 0.6 is 11.8 Å². The van der Waals surface area contributed by atoms with Crippen molar-refractivity contribution in [1.29, 1.82) is 0 Å². The van der Waals surface area contributed by atoms with Crippen LogP contribution in [0, 0.1) is 6.92 Å². The number of carbonyl (C=O) groups excluding carboxylic acids is 1. The molecule has 1 amide bonds. The van der Waals surface area contributed by atoms with Crippen molar-refractivity contribution >= 4 is 23.4 Å². The van der Waals surface area contributed by atoms with Gasteiger partial charge in [0.1, 0.15) is 5.70 Å². The van der Waals surface area contributed by atoms with E-state index in [0.717, 1.165) is 17.0 Å². The highest BCUT2D eigenvalue weighted by Gasteiger charge is 2.29. The van der Waals surface area contributed by atoms with E-state index < -0.39 is 0 Å². The van der Waals surface area contributed by atoms with Gasteiger partial charge in [0, 0.05) is 12.8 Å². The van der Waals surface area contributed by atoms with E-state index in [4.69, 9.17) is 4.52 Å². The number of aryl methyl sites for hydroxylation is 1. The zero-order valence-electron chi connectivity index (χ0n) is 10.4. The van der Waals surface area contributed by atoms with Gasteiger partial charge in [-0.15, -0.1) is 11.8 Å². The molecule has 92 valence electrons. The van der Waals surface area contributed by atoms with Crippen LogP contribution in [0.25, 0.3) is 5.70 Å². The van der Waals surface area contributed by atoms with E-state index in [9.17, 15) is 4.79 Å². The second-order valence-corrected chi connectivity index (χ2v) is 5.46. The standard InChI is InChI=1S/C11H15N3O2S/c1-6-5-17-7(2)11(15)14(4)9(6)10-12-8(3)13-16-10/h7H,5H2,1-4H3. The van der Waals surface area contributed by atoms with Gasteiger partial charge in [-0.3, -0.25) is 4.79 Å². The van der Waals surface area contributed by atoms with E-state index in [2.05, 4.69) is 10.1 Å². The van der Waals surface area contributed by atoms with Crippen molar-refractivity contribution in [3.63, 3.8) is 0 Å². The molecule has 0 saturated heterocycles. The summed E-state index contributed by atoms with van der Waals surface area (Å²) in [5.74, 6) is 1.86. The molecular formula is C11H15N3O2S. The fraction of sp³-hybridized carbons (Fsp3) is 0.545. The second kappa shape index (κ2) is 4.52. The zero-order valence-corrected chi connectivity index (χ0v) is 11.2. The van der Waals surface area contributed by atoms with Gasteiger partial charge in [0.15, 0.2) is 5.82 Å². The van der Waals surface area contributed by atoms with Crippen LogP contribution < -0.4 is 0 Å². The molecule has 0 saturated carbocycles. The monoisotopic (exact) mass is 253 g/mol. The summed E-state index contributed by atoms with van der Waals surface area (Å²) in [6, 6.07) is 0. The first kappa shape index (κ1) is 12.2. The minimum absolute atomic E-state index is 0.0449. The molecule has 0 bridgehead atoms. The molecule has 0 aliphatic carbocycles. The van der Waals surface area contributed by atoms with Gasteiger partial charge in [-0.25, -0.2) is 0 Å². The van der Waals surface area contributed by atoms with Crippen molar-refractivity contribution in [2.24, 2.45) is 0 Å². The van der Waals surface area contributed by atoms with Crippen LogP contribution in [-0.2, 0) is 4.79 Å². The topological polar surface area (TPSA) is 59.2 Å². The molecule has 1 unspecified atom stereocenters. The van der Waals surface area contributed by atoms with Gasteiger partial charge in [0.05, 0.1) is 5.25 Å². The fourth-order valence-corrected chi connectivity index (χ4v) is 2.72. The van der Waals surface area contributed by atoms with Crippen molar-refractivity contribution in [3.05, 3.63) is 17.3 Å². The molecule has 0 spiro atoms. The molecule has 5 nitrogen and oxygen atoms in total. The number of amides is 1. The fourth-order valence-electron chi connectivity index (χ4n) is 1.78. The lowest BCUT2D eigenvalue weighted by Crippen LogP contribution is -2.31. The van der Waals surface area contributed by atoms with E-state index in [-0.39, 0.29) is 11.2 Å². The van der Waals surface area contributed by atoms with Crippen molar-refractivity contribution in [3.8, 4) is 0 Å². The van der Waals surface area contributed by atoms with Crippen molar-refractivity contribution in [2.45, 2.75) is 26.0 Å². The minimum atomic E-state index is -0.0449. The Morgan fingerprint density at radius 1 is 1.47 bits per heavy atom. The zero-order chi connectivity index (χ0) is 12.6. The van der Waals surface area contributed by atoms with E-state index in [1.807, 2.05) is 13.8 Å². The Balaban J connectivity index is 2.45. The lowest BCUT2D eigenvalue weighted by molar-refractivity contribution is -0.126. The summed E-state index contributed by atoms with van der Waals surface area (Å²) in [5.41, 5.74) is 1.83. The molecule has 6 heteroatoms. The van der Waals surface area contributed by atoms with Crippen LogP contribution in [0.1, 0.15) is 25.6 Å². The number of thioether (sulfide) groups is 1. The Bertz CT molecular complexity index is 481. The molecule has 0 fully saturated rings. The summed E-state index contributed by atoms with van der Waals surface area (Å²) in [5, 5.41) is 3.73. The molecule has 1 aromatic rings. The summed E-state index contributed by atoms with van der Waals surface area (Å²) in [4.78, 5) is 17.9. The molecule has 0 N–H and O–H groups in total. The Kier molecular flexibility index (Phi) is 3.24. The SMILES string of the molecule is CC1=C(c2nc(C)no2)N(C)C(=O)C(C)SC1. The second-order valence-electron chi connectivity index (χ2n) is 4.13. The third-order valence-corrected chi connectivity index (χ3v) is 4.00. The molecule has 1 atom stereocenters. The Labute approximate surface area is 104 Å². The summed E-state index contributed by atoms with van der Waals surface area (Å²) >= 11 is 1.63. The van der Waals surface area contributed by atoms with Crippen LogP contribution in [0.2, 0.25) is 0 Å². The Morgan fingerprint density at radius 3 is 2.76 bits per heavy atom. The van der Waals surface area contributed by atoms with Gasteiger partial charge in [-0.05, 0) is 26.3 Å². The lowest BCUT2D eigenvalue weighted by atomic mass is 10.2. The average Bonchev–Trinajstić information content (AvgIpc) is 2.67. The molecule has 2 rings (SSSR count). The van der Waals surface area contributed by atoms with Crippen LogP contribution in [0.5, 0.6) is 0 Å².